The summed E-state index contributed by atoms with van der Waals surface area (Å²) in [5.74, 6) is 1.04. The summed E-state index contributed by atoms with van der Waals surface area (Å²) in [6, 6.07) is 3.65. The van der Waals surface area contributed by atoms with Crippen LogP contribution in [0.25, 0.3) is 11.4 Å². The topological polar surface area (TPSA) is 72.0 Å². The molecule has 0 saturated carbocycles. The van der Waals surface area contributed by atoms with Gasteiger partial charge in [0, 0.05) is 18.0 Å². The Labute approximate surface area is 106 Å². The lowest BCUT2D eigenvalue weighted by molar-refractivity contribution is 0.146. The highest BCUT2D eigenvalue weighted by Gasteiger charge is 2.34. The Morgan fingerprint density at radius 1 is 1.22 bits per heavy atom. The van der Waals surface area contributed by atoms with Crippen LogP contribution in [0.1, 0.15) is 32.6 Å². The van der Waals surface area contributed by atoms with Crippen molar-refractivity contribution in [2.75, 3.05) is 6.61 Å². The third-order valence-electron chi connectivity index (χ3n) is 3.47. The zero-order valence-corrected chi connectivity index (χ0v) is 10.6. The summed E-state index contributed by atoms with van der Waals surface area (Å²) >= 11 is 0. The highest BCUT2D eigenvalue weighted by molar-refractivity contribution is 5.52. The van der Waals surface area contributed by atoms with Gasteiger partial charge in [-0.25, -0.2) is 0 Å². The van der Waals surface area contributed by atoms with Crippen LogP contribution in [-0.4, -0.2) is 26.8 Å². The van der Waals surface area contributed by atoms with Crippen molar-refractivity contribution in [1.29, 1.82) is 0 Å². The first kappa shape index (κ1) is 12.7. The second-order valence-corrected chi connectivity index (χ2v) is 4.30. The zero-order valence-electron chi connectivity index (χ0n) is 10.6. The molecule has 2 aromatic heterocycles. The lowest BCUT2D eigenvalue weighted by Crippen LogP contribution is -2.29. The molecule has 2 heterocycles. The number of aromatic nitrogens is 3. The second-order valence-electron chi connectivity index (χ2n) is 4.30. The Bertz CT molecular complexity index is 484. The van der Waals surface area contributed by atoms with Crippen molar-refractivity contribution in [3.8, 4) is 11.4 Å². The van der Waals surface area contributed by atoms with E-state index in [4.69, 9.17) is 4.52 Å². The van der Waals surface area contributed by atoms with Crippen LogP contribution < -0.4 is 0 Å². The van der Waals surface area contributed by atoms with Gasteiger partial charge in [0.15, 0.2) is 0 Å². The van der Waals surface area contributed by atoms with Gasteiger partial charge in [0.1, 0.15) is 0 Å². The fourth-order valence-electron chi connectivity index (χ4n) is 1.90. The van der Waals surface area contributed by atoms with Crippen molar-refractivity contribution in [3.05, 3.63) is 30.4 Å². The molecule has 0 radical (unpaired) electrons. The van der Waals surface area contributed by atoms with E-state index in [-0.39, 0.29) is 6.61 Å². The molecule has 0 spiro atoms. The molecule has 18 heavy (non-hydrogen) atoms. The molecule has 0 unspecified atom stereocenters. The molecule has 0 bridgehead atoms. The Balaban J connectivity index is 2.36. The molecule has 2 rings (SSSR count). The maximum atomic E-state index is 9.57. The summed E-state index contributed by atoms with van der Waals surface area (Å²) in [6.45, 7) is 4.03. The van der Waals surface area contributed by atoms with Crippen molar-refractivity contribution in [3.63, 3.8) is 0 Å². The fraction of sp³-hybridized carbons (Fsp3) is 0.462. The van der Waals surface area contributed by atoms with Crippen LogP contribution in [-0.2, 0) is 5.41 Å². The van der Waals surface area contributed by atoms with E-state index in [0.29, 0.717) is 11.7 Å². The molecule has 5 heteroatoms. The number of hydrogen-bond donors (Lipinski definition) is 1. The number of hydrogen-bond acceptors (Lipinski definition) is 5. The predicted molar refractivity (Wildman–Crippen MR) is 66.9 cm³/mol. The quantitative estimate of drug-likeness (QED) is 0.876. The van der Waals surface area contributed by atoms with Crippen LogP contribution in [0.4, 0.5) is 0 Å². The molecule has 0 saturated heterocycles. The van der Waals surface area contributed by atoms with Gasteiger partial charge < -0.3 is 9.63 Å². The first-order chi connectivity index (χ1) is 8.75. The van der Waals surface area contributed by atoms with E-state index < -0.39 is 5.41 Å². The number of nitrogens with zero attached hydrogens (tertiary/aromatic N) is 3. The number of aliphatic hydroxyl groups excluding tert-OH is 1. The monoisotopic (exact) mass is 247 g/mol. The van der Waals surface area contributed by atoms with E-state index in [0.717, 1.165) is 18.4 Å². The lowest BCUT2D eigenvalue weighted by atomic mass is 9.83. The largest absolute Gasteiger partial charge is 0.395 e. The molecule has 1 N–H and O–H groups in total. The van der Waals surface area contributed by atoms with Crippen LogP contribution in [0, 0.1) is 0 Å². The molecule has 96 valence electrons. The molecular weight excluding hydrogens is 230 g/mol. The normalized spacial score (nSPS) is 11.7. The molecule has 0 atom stereocenters. The highest BCUT2D eigenvalue weighted by atomic mass is 16.5. The molecule has 0 aliphatic heterocycles. The number of rotatable bonds is 5. The Kier molecular flexibility index (Phi) is 3.72. The molecule has 0 amide bonds. The first-order valence-electron chi connectivity index (χ1n) is 6.11. The molecule has 0 aromatic carbocycles. The van der Waals surface area contributed by atoms with E-state index in [1.807, 2.05) is 26.0 Å². The molecule has 0 aliphatic carbocycles. The zero-order chi connectivity index (χ0) is 13.0. The van der Waals surface area contributed by atoms with Gasteiger partial charge in [-0.05, 0) is 25.0 Å². The van der Waals surface area contributed by atoms with Crippen molar-refractivity contribution in [2.24, 2.45) is 0 Å². The van der Waals surface area contributed by atoms with Crippen molar-refractivity contribution in [2.45, 2.75) is 32.1 Å². The molecule has 5 nitrogen and oxygen atoms in total. The average molecular weight is 247 g/mol. The maximum absolute atomic E-state index is 9.57. The maximum Gasteiger partial charge on any atom is 0.235 e. The van der Waals surface area contributed by atoms with Gasteiger partial charge in [0.05, 0.1) is 12.0 Å². The molecule has 0 fully saturated rings. The summed E-state index contributed by atoms with van der Waals surface area (Å²) in [5, 5.41) is 13.5. The van der Waals surface area contributed by atoms with Crippen LogP contribution in [0.5, 0.6) is 0 Å². The standard InChI is InChI=1S/C13H17N3O2/c1-3-13(4-2,9-17)12-15-11(16-18-12)10-5-7-14-8-6-10/h5-8,17H,3-4,9H2,1-2H3. The van der Waals surface area contributed by atoms with Crippen LogP contribution in [0.15, 0.2) is 29.0 Å². The summed E-state index contributed by atoms with van der Waals surface area (Å²) in [7, 11) is 0. The minimum Gasteiger partial charge on any atom is -0.395 e. The summed E-state index contributed by atoms with van der Waals surface area (Å²) < 4.78 is 5.32. The summed E-state index contributed by atoms with van der Waals surface area (Å²) in [6.07, 6.45) is 4.89. The molecule has 0 aliphatic rings. The van der Waals surface area contributed by atoms with E-state index >= 15 is 0 Å². The lowest BCUT2D eigenvalue weighted by Gasteiger charge is -2.24. The van der Waals surface area contributed by atoms with Crippen LogP contribution in [0.3, 0.4) is 0 Å². The fourth-order valence-corrected chi connectivity index (χ4v) is 1.90. The Morgan fingerprint density at radius 3 is 2.44 bits per heavy atom. The van der Waals surface area contributed by atoms with Gasteiger partial charge in [-0.3, -0.25) is 4.98 Å². The van der Waals surface area contributed by atoms with Crippen LogP contribution >= 0.6 is 0 Å². The van der Waals surface area contributed by atoms with E-state index in [1.54, 1.807) is 12.4 Å². The van der Waals surface area contributed by atoms with Gasteiger partial charge in [0.2, 0.25) is 11.7 Å². The van der Waals surface area contributed by atoms with Gasteiger partial charge in [-0.1, -0.05) is 19.0 Å². The van der Waals surface area contributed by atoms with E-state index in [2.05, 4.69) is 15.1 Å². The number of pyridine rings is 1. The van der Waals surface area contributed by atoms with Gasteiger partial charge >= 0.3 is 0 Å². The smallest absolute Gasteiger partial charge is 0.235 e. The van der Waals surface area contributed by atoms with Gasteiger partial charge in [0.25, 0.3) is 0 Å². The Morgan fingerprint density at radius 2 is 1.89 bits per heavy atom. The minimum atomic E-state index is -0.432. The van der Waals surface area contributed by atoms with E-state index in [9.17, 15) is 5.11 Å². The summed E-state index contributed by atoms with van der Waals surface area (Å²) in [5.41, 5.74) is 0.428. The molecular formula is C13H17N3O2. The Hall–Kier alpha value is -1.75. The highest BCUT2D eigenvalue weighted by Crippen LogP contribution is 2.31. The SMILES string of the molecule is CCC(CC)(CO)c1nc(-c2ccncc2)no1. The predicted octanol–water partition coefficient (Wildman–Crippen LogP) is 2.18. The summed E-state index contributed by atoms with van der Waals surface area (Å²) in [4.78, 5) is 8.35. The van der Waals surface area contributed by atoms with Crippen molar-refractivity contribution in [1.82, 2.24) is 15.1 Å². The second kappa shape index (κ2) is 5.27. The third-order valence-corrected chi connectivity index (χ3v) is 3.47. The average Bonchev–Trinajstić information content (AvgIpc) is 2.93. The first-order valence-corrected chi connectivity index (χ1v) is 6.11. The van der Waals surface area contributed by atoms with Crippen LogP contribution in [0.2, 0.25) is 0 Å². The van der Waals surface area contributed by atoms with E-state index in [1.165, 1.54) is 0 Å². The number of aliphatic hydroxyl groups is 1. The van der Waals surface area contributed by atoms with Gasteiger partial charge in [-0.2, -0.15) is 4.98 Å². The third kappa shape index (κ3) is 2.13. The molecule has 2 aromatic rings. The van der Waals surface area contributed by atoms with Crippen molar-refractivity contribution >= 4 is 0 Å². The minimum absolute atomic E-state index is 0.0119. The van der Waals surface area contributed by atoms with Gasteiger partial charge in [-0.15, -0.1) is 0 Å². The van der Waals surface area contributed by atoms with Crippen molar-refractivity contribution < 1.29 is 9.63 Å².